The van der Waals surface area contributed by atoms with E-state index < -0.39 is 23.3 Å². The van der Waals surface area contributed by atoms with Gasteiger partial charge in [0.15, 0.2) is 0 Å². The molecule has 0 spiro atoms. The van der Waals surface area contributed by atoms with Crippen LogP contribution in [0.3, 0.4) is 0 Å². The zero-order chi connectivity index (χ0) is 15.1. The van der Waals surface area contributed by atoms with Gasteiger partial charge in [0.1, 0.15) is 11.6 Å². The second kappa shape index (κ2) is 4.93. The molecule has 0 radical (unpaired) electrons. The third-order valence-electron chi connectivity index (χ3n) is 3.28. The average molecular weight is 308 g/mol. The van der Waals surface area contributed by atoms with Crippen molar-refractivity contribution in [3.63, 3.8) is 0 Å². The number of amides is 1. The van der Waals surface area contributed by atoms with Gasteiger partial charge >= 0.3 is 0 Å². The molecule has 2 aromatic rings. The normalized spacial score (nSPS) is 13.8. The number of fused-ring (bicyclic) bond motifs is 1. The van der Waals surface area contributed by atoms with Crippen LogP contribution < -0.4 is 4.90 Å². The van der Waals surface area contributed by atoms with Crippen molar-refractivity contribution in [3.05, 3.63) is 64.2 Å². The highest BCUT2D eigenvalue weighted by Crippen LogP contribution is 2.32. The lowest BCUT2D eigenvalue weighted by Gasteiger charge is -2.17. The molecule has 3 nitrogen and oxygen atoms in total. The highest BCUT2D eigenvalue weighted by molar-refractivity contribution is 6.52. The van der Waals surface area contributed by atoms with E-state index in [1.807, 2.05) is 0 Å². The second-order valence-corrected chi connectivity index (χ2v) is 5.02. The molecule has 3 rings (SSSR count). The van der Waals surface area contributed by atoms with E-state index in [9.17, 15) is 18.4 Å². The van der Waals surface area contributed by atoms with Crippen LogP contribution in [0.25, 0.3) is 0 Å². The standard InChI is InChI=1S/C15H8ClF2NO2/c16-12-6-10(18)2-1-8(12)7-19-13-4-3-9(17)5-11(13)14(20)15(19)21/h1-6H,7H2. The molecule has 0 saturated carbocycles. The molecule has 0 atom stereocenters. The Bertz CT molecular complexity index is 776. The van der Waals surface area contributed by atoms with Crippen molar-refractivity contribution in [1.82, 2.24) is 0 Å². The molecule has 0 bridgehead atoms. The number of nitrogens with zero attached hydrogens (tertiary/aromatic N) is 1. The second-order valence-electron chi connectivity index (χ2n) is 4.62. The van der Waals surface area contributed by atoms with Crippen LogP contribution in [0.4, 0.5) is 14.5 Å². The van der Waals surface area contributed by atoms with Crippen LogP contribution in [0.5, 0.6) is 0 Å². The molecule has 1 aliphatic heterocycles. The van der Waals surface area contributed by atoms with E-state index in [4.69, 9.17) is 11.6 Å². The van der Waals surface area contributed by atoms with Gasteiger partial charge in [-0.1, -0.05) is 17.7 Å². The summed E-state index contributed by atoms with van der Waals surface area (Å²) >= 11 is 5.92. The van der Waals surface area contributed by atoms with Crippen LogP contribution in [0.2, 0.25) is 5.02 Å². The largest absolute Gasteiger partial charge is 0.300 e. The predicted molar refractivity (Wildman–Crippen MR) is 73.3 cm³/mol. The Kier molecular flexibility index (Phi) is 3.22. The number of anilines is 1. The van der Waals surface area contributed by atoms with Crippen molar-refractivity contribution in [2.75, 3.05) is 4.90 Å². The molecular weight excluding hydrogens is 300 g/mol. The summed E-state index contributed by atoms with van der Waals surface area (Å²) in [5.74, 6) is -2.59. The molecule has 2 aromatic carbocycles. The summed E-state index contributed by atoms with van der Waals surface area (Å²) in [5.41, 5.74) is 0.849. The van der Waals surface area contributed by atoms with Crippen LogP contribution in [-0.4, -0.2) is 11.7 Å². The number of benzene rings is 2. The summed E-state index contributed by atoms with van der Waals surface area (Å²) in [4.78, 5) is 25.0. The topological polar surface area (TPSA) is 37.4 Å². The molecular formula is C15H8ClF2NO2. The van der Waals surface area contributed by atoms with Gasteiger partial charge in [0.25, 0.3) is 11.7 Å². The average Bonchev–Trinajstić information content (AvgIpc) is 2.66. The highest BCUT2D eigenvalue weighted by atomic mass is 35.5. The first-order valence-electron chi connectivity index (χ1n) is 6.07. The molecule has 21 heavy (non-hydrogen) atoms. The van der Waals surface area contributed by atoms with Crippen molar-refractivity contribution in [1.29, 1.82) is 0 Å². The van der Waals surface area contributed by atoms with Crippen LogP contribution >= 0.6 is 11.6 Å². The summed E-state index contributed by atoms with van der Waals surface area (Å²) in [7, 11) is 0. The van der Waals surface area contributed by atoms with Crippen molar-refractivity contribution in [2.45, 2.75) is 6.54 Å². The number of ketones is 1. The monoisotopic (exact) mass is 307 g/mol. The first-order valence-corrected chi connectivity index (χ1v) is 6.45. The number of hydrogen-bond donors (Lipinski definition) is 0. The molecule has 1 amide bonds. The number of carbonyl (C=O) groups is 2. The first-order chi connectivity index (χ1) is 9.97. The molecule has 1 aliphatic rings. The molecule has 0 aromatic heterocycles. The van der Waals surface area contributed by atoms with Gasteiger partial charge in [0, 0.05) is 5.02 Å². The fourth-order valence-electron chi connectivity index (χ4n) is 2.25. The lowest BCUT2D eigenvalue weighted by Crippen LogP contribution is -2.29. The maximum absolute atomic E-state index is 13.2. The van der Waals surface area contributed by atoms with Gasteiger partial charge in [0.2, 0.25) is 0 Å². The molecule has 0 aliphatic carbocycles. The van der Waals surface area contributed by atoms with Gasteiger partial charge in [-0.2, -0.15) is 0 Å². The number of carbonyl (C=O) groups excluding carboxylic acids is 2. The Morgan fingerprint density at radius 1 is 1.00 bits per heavy atom. The van der Waals surface area contributed by atoms with Gasteiger partial charge < -0.3 is 4.90 Å². The summed E-state index contributed by atoms with van der Waals surface area (Å²) in [6.45, 7) is 0.0162. The summed E-state index contributed by atoms with van der Waals surface area (Å²) in [6.07, 6.45) is 0. The van der Waals surface area contributed by atoms with Crippen LogP contribution in [-0.2, 0) is 11.3 Å². The van der Waals surface area contributed by atoms with E-state index in [1.54, 1.807) is 0 Å². The molecule has 0 unspecified atom stereocenters. The number of hydrogen-bond acceptors (Lipinski definition) is 2. The Labute approximate surface area is 123 Å². The lowest BCUT2D eigenvalue weighted by atomic mass is 10.1. The Morgan fingerprint density at radius 3 is 2.38 bits per heavy atom. The number of rotatable bonds is 2. The minimum atomic E-state index is -0.761. The van der Waals surface area contributed by atoms with E-state index in [2.05, 4.69) is 0 Å². The number of halogens is 3. The maximum Gasteiger partial charge on any atom is 0.299 e. The molecule has 1 heterocycles. The minimum absolute atomic E-state index is 0.0162. The van der Waals surface area contributed by atoms with E-state index in [-0.39, 0.29) is 17.1 Å². The van der Waals surface area contributed by atoms with Crippen molar-refractivity contribution >= 4 is 29.0 Å². The molecule has 0 saturated heterocycles. The smallest absolute Gasteiger partial charge is 0.299 e. The predicted octanol–water partition coefficient (Wildman–Crippen LogP) is 3.35. The van der Waals surface area contributed by atoms with Crippen molar-refractivity contribution in [3.8, 4) is 0 Å². The lowest BCUT2D eigenvalue weighted by molar-refractivity contribution is -0.114. The molecule has 0 N–H and O–H groups in total. The van der Waals surface area contributed by atoms with E-state index in [0.29, 0.717) is 11.3 Å². The maximum atomic E-state index is 13.2. The Hall–Kier alpha value is -2.27. The quantitative estimate of drug-likeness (QED) is 0.798. The van der Waals surface area contributed by atoms with Gasteiger partial charge in [-0.15, -0.1) is 0 Å². The summed E-state index contributed by atoms with van der Waals surface area (Å²) in [5, 5.41) is 0.158. The van der Waals surface area contributed by atoms with Crippen molar-refractivity contribution in [2.24, 2.45) is 0 Å². The fourth-order valence-corrected chi connectivity index (χ4v) is 2.48. The Balaban J connectivity index is 2.00. The number of Topliss-reactive ketones (excluding diaryl/α,β-unsaturated/α-hetero) is 1. The zero-order valence-corrected chi connectivity index (χ0v) is 11.3. The van der Waals surface area contributed by atoms with Crippen LogP contribution in [0, 0.1) is 11.6 Å². The van der Waals surface area contributed by atoms with E-state index in [1.165, 1.54) is 29.2 Å². The molecule has 6 heteroatoms. The van der Waals surface area contributed by atoms with Crippen LogP contribution in [0.15, 0.2) is 36.4 Å². The van der Waals surface area contributed by atoms with Crippen LogP contribution in [0.1, 0.15) is 15.9 Å². The SMILES string of the molecule is O=C1C(=O)N(Cc2ccc(F)cc2Cl)c2ccc(F)cc21. The van der Waals surface area contributed by atoms with Gasteiger partial charge in [-0.05, 0) is 35.9 Å². The summed E-state index contributed by atoms with van der Waals surface area (Å²) in [6, 6.07) is 7.35. The first kappa shape index (κ1) is 13.7. The fraction of sp³-hybridized carbons (Fsp3) is 0.0667. The Morgan fingerprint density at radius 2 is 1.67 bits per heavy atom. The minimum Gasteiger partial charge on any atom is -0.300 e. The van der Waals surface area contributed by atoms with E-state index >= 15 is 0 Å². The third-order valence-corrected chi connectivity index (χ3v) is 3.63. The summed E-state index contributed by atoms with van der Waals surface area (Å²) < 4.78 is 26.2. The van der Waals surface area contributed by atoms with E-state index in [0.717, 1.165) is 12.1 Å². The highest BCUT2D eigenvalue weighted by Gasteiger charge is 2.36. The molecule has 106 valence electrons. The van der Waals surface area contributed by atoms with Gasteiger partial charge in [0.05, 0.1) is 17.8 Å². The third kappa shape index (κ3) is 2.29. The van der Waals surface area contributed by atoms with Gasteiger partial charge in [-0.3, -0.25) is 9.59 Å². The van der Waals surface area contributed by atoms with Gasteiger partial charge in [-0.25, -0.2) is 8.78 Å². The zero-order valence-electron chi connectivity index (χ0n) is 10.6. The molecule has 0 fully saturated rings. The van der Waals surface area contributed by atoms with Crippen molar-refractivity contribution < 1.29 is 18.4 Å².